The average molecular weight is 262 g/mol. The number of ether oxygens (including phenoxy) is 1. The minimum absolute atomic E-state index is 0.181. The molecule has 0 fully saturated rings. The van der Waals surface area contributed by atoms with Gasteiger partial charge in [-0.3, -0.25) is 4.57 Å². The van der Waals surface area contributed by atoms with Crippen molar-refractivity contribution in [3.8, 4) is 0 Å². The number of carbonyl (C=O) groups is 1. The molecular weight excluding hydrogens is 243 g/mol. The summed E-state index contributed by atoms with van der Waals surface area (Å²) < 4.78 is 26.5. The van der Waals surface area contributed by atoms with Crippen LogP contribution in [0.1, 0.15) is 13.8 Å². The predicted octanol–water partition coefficient (Wildman–Crippen LogP) is 2.54. The molecule has 0 unspecified atom stereocenters. The quantitative estimate of drug-likeness (QED) is 0.291. The first-order valence-electron chi connectivity index (χ1n) is 5.37. The fraction of sp³-hybridized carbons (Fsp3) is 0.545. The van der Waals surface area contributed by atoms with Gasteiger partial charge >= 0.3 is 13.6 Å². The predicted molar refractivity (Wildman–Crippen MR) is 66.0 cm³/mol. The third kappa shape index (κ3) is 7.91. The highest BCUT2D eigenvalue weighted by Crippen LogP contribution is 2.47. The number of methoxy groups -OCH3 is 1. The zero-order chi connectivity index (χ0) is 13.1. The van der Waals surface area contributed by atoms with Crippen LogP contribution < -0.4 is 0 Å². The molecule has 0 saturated carbocycles. The molecule has 98 valence electrons. The van der Waals surface area contributed by atoms with Gasteiger partial charge in [0.05, 0.1) is 26.5 Å². The minimum Gasteiger partial charge on any atom is -0.466 e. The van der Waals surface area contributed by atoms with E-state index in [0.717, 1.165) is 0 Å². The Kier molecular flexibility index (Phi) is 8.68. The topological polar surface area (TPSA) is 61.8 Å². The molecule has 0 rings (SSSR count). The largest absolute Gasteiger partial charge is 0.466 e. The summed E-state index contributed by atoms with van der Waals surface area (Å²) in [4.78, 5) is 10.7. The molecule has 0 amide bonds. The smallest absolute Gasteiger partial charge is 0.334 e. The minimum atomic E-state index is -3.03. The van der Waals surface area contributed by atoms with E-state index >= 15 is 0 Å². The third-order valence-electron chi connectivity index (χ3n) is 1.66. The molecule has 0 aliphatic carbocycles. The second-order valence-corrected chi connectivity index (χ2v) is 5.04. The van der Waals surface area contributed by atoms with Gasteiger partial charge in [-0.2, -0.15) is 0 Å². The lowest BCUT2D eigenvalue weighted by atomic mass is 10.4. The van der Waals surface area contributed by atoms with Crippen molar-refractivity contribution in [3.63, 3.8) is 0 Å². The molecule has 0 saturated heterocycles. The fourth-order valence-electron chi connectivity index (χ4n) is 1.01. The molecule has 0 aliphatic heterocycles. The van der Waals surface area contributed by atoms with Crippen molar-refractivity contribution in [2.75, 3.05) is 26.5 Å². The number of hydrogen-bond acceptors (Lipinski definition) is 5. The van der Waals surface area contributed by atoms with Gasteiger partial charge in [0.2, 0.25) is 0 Å². The zero-order valence-electron chi connectivity index (χ0n) is 10.4. The number of rotatable bonds is 8. The zero-order valence-corrected chi connectivity index (χ0v) is 11.3. The van der Waals surface area contributed by atoms with Gasteiger partial charge in [-0.05, 0) is 13.8 Å². The lowest BCUT2D eigenvalue weighted by Gasteiger charge is -2.14. The van der Waals surface area contributed by atoms with Crippen LogP contribution in [0.4, 0.5) is 0 Å². The maximum absolute atomic E-state index is 12.0. The third-order valence-corrected chi connectivity index (χ3v) is 3.62. The maximum atomic E-state index is 12.0. The number of allylic oxidation sites excluding steroid dienone is 3. The van der Waals surface area contributed by atoms with E-state index in [1.807, 2.05) is 0 Å². The highest BCUT2D eigenvalue weighted by Gasteiger charge is 2.20. The van der Waals surface area contributed by atoms with E-state index in [2.05, 4.69) is 4.74 Å². The second-order valence-electron chi connectivity index (χ2n) is 2.94. The molecular formula is C11H19O5P. The van der Waals surface area contributed by atoms with Gasteiger partial charge in [-0.1, -0.05) is 18.2 Å². The number of carbonyl (C=O) groups excluding carboxylic acids is 1. The van der Waals surface area contributed by atoms with Crippen molar-refractivity contribution < 1.29 is 23.1 Å². The molecule has 0 aromatic rings. The SMILES string of the molecule is CCOP(=O)(C/C=C/C=C/C(=O)OC)OCC. The lowest BCUT2D eigenvalue weighted by molar-refractivity contribution is -0.134. The Balaban J connectivity index is 4.21. The molecule has 0 aromatic carbocycles. The Morgan fingerprint density at radius 1 is 1.18 bits per heavy atom. The van der Waals surface area contributed by atoms with Gasteiger partial charge in [0.1, 0.15) is 0 Å². The lowest BCUT2D eigenvalue weighted by Crippen LogP contribution is -1.98. The molecule has 17 heavy (non-hydrogen) atoms. The van der Waals surface area contributed by atoms with Crippen molar-refractivity contribution >= 4 is 13.6 Å². The molecule has 0 aliphatic rings. The van der Waals surface area contributed by atoms with Gasteiger partial charge in [-0.25, -0.2) is 4.79 Å². The summed E-state index contributed by atoms with van der Waals surface area (Å²) in [6, 6.07) is 0. The number of esters is 1. The Hall–Kier alpha value is -0.900. The molecule has 0 radical (unpaired) electrons. The van der Waals surface area contributed by atoms with E-state index in [-0.39, 0.29) is 6.16 Å². The summed E-state index contributed by atoms with van der Waals surface area (Å²) >= 11 is 0. The molecule has 5 nitrogen and oxygen atoms in total. The first-order chi connectivity index (χ1) is 8.08. The normalized spacial score (nSPS) is 12.4. The summed E-state index contributed by atoms with van der Waals surface area (Å²) in [6.07, 6.45) is 6.18. The molecule has 0 heterocycles. The summed E-state index contributed by atoms with van der Waals surface area (Å²) in [5.74, 6) is -0.438. The van der Waals surface area contributed by atoms with Crippen molar-refractivity contribution in [2.45, 2.75) is 13.8 Å². The first-order valence-corrected chi connectivity index (χ1v) is 7.10. The molecule has 0 N–H and O–H groups in total. The van der Waals surface area contributed by atoms with E-state index in [4.69, 9.17) is 9.05 Å². The average Bonchev–Trinajstić information content (AvgIpc) is 2.29. The van der Waals surface area contributed by atoms with Crippen LogP contribution in [0.3, 0.4) is 0 Å². The van der Waals surface area contributed by atoms with E-state index in [1.54, 1.807) is 26.0 Å². The van der Waals surface area contributed by atoms with Gasteiger partial charge in [0.25, 0.3) is 0 Å². The molecule has 0 spiro atoms. The van der Waals surface area contributed by atoms with Crippen LogP contribution in [0.25, 0.3) is 0 Å². The Labute approximate surface area is 102 Å². The van der Waals surface area contributed by atoms with Crippen LogP contribution >= 0.6 is 7.60 Å². The second kappa shape index (κ2) is 9.16. The van der Waals surface area contributed by atoms with Gasteiger partial charge in [0, 0.05) is 6.08 Å². The van der Waals surface area contributed by atoms with Crippen LogP contribution in [0.15, 0.2) is 24.3 Å². The van der Waals surface area contributed by atoms with E-state index < -0.39 is 13.6 Å². The summed E-state index contributed by atoms with van der Waals surface area (Å²) in [5, 5.41) is 0. The standard InChI is InChI=1S/C11H19O5P/c1-4-15-17(13,16-5-2)10-8-6-7-9-11(12)14-3/h6-9H,4-5,10H2,1-3H3/b8-6+,9-7+. The van der Waals surface area contributed by atoms with Crippen molar-refractivity contribution in [1.82, 2.24) is 0 Å². The monoisotopic (exact) mass is 262 g/mol. The van der Waals surface area contributed by atoms with Gasteiger partial charge in [0.15, 0.2) is 0 Å². The van der Waals surface area contributed by atoms with Crippen molar-refractivity contribution in [1.29, 1.82) is 0 Å². The summed E-state index contributed by atoms with van der Waals surface area (Å²) in [6.45, 7) is 4.19. The molecule has 0 bridgehead atoms. The summed E-state index contributed by atoms with van der Waals surface area (Å²) in [5.41, 5.74) is 0. The Morgan fingerprint density at radius 3 is 2.24 bits per heavy atom. The highest BCUT2D eigenvalue weighted by atomic mass is 31.2. The van der Waals surface area contributed by atoms with Gasteiger partial charge in [-0.15, -0.1) is 0 Å². The molecule has 0 atom stereocenters. The number of hydrogen-bond donors (Lipinski definition) is 0. The van der Waals surface area contributed by atoms with Crippen LogP contribution in [0, 0.1) is 0 Å². The van der Waals surface area contributed by atoms with Crippen molar-refractivity contribution in [2.24, 2.45) is 0 Å². The van der Waals surface area contributed by atoms with Crippen LogP contribution in [-0.4, -0.2) is 32.5 Å². The van der Waals surface area contributed by atoms with Crippen LogP contribution in [0.2, 0.25) is 0 Å². The first kappa shape index (κ1) is 16.1. The maximum Gasteiger partial charge on any atom is 0.334 e. The van der Waals surface area contributed by atoms with Crippen LogP contribution in [0.5, 0.6) is 0 Å². The summed E-state index contributed by atoms with van der Waals surface area (Å²) in [7, 11) is -1.73. The van der Waals surface area contributed by atoms with Crippen molar-refractivity contribution in [3.05, 3.63) is 24.3 Å². The van der Waals surface area contributed by atoms with E-state index in [1.165, 1.54) is 19.3 Å². The Bertz CT molecular complexity index is 312. The fourth-order valence-corrected chi connectivity index (χ4v) is 2.46. The van der Waals surface area contributed by atoms with Gasteiger partial charge < -0.3 is 13.8 Å². The highest BCUT2D eigenvalue weighted by molar-refractivity contribution is 7.54. The molecule has 6 heteroatoms. The Morgan fingerprint density at radius 2 is 1.76 bits per heavy atom. The van der Waals surface area contributed by atoms with E-state index in [0.29, 0.717) is 13.2 Å². The molecule has 0 aromatic heterocycles. The van der Waals surface area contributed by atoms with E-state index in [9.17, 15) is 9.36 Å². The van der Waals surface area contributed by atoms with Crippen LogP contribution in [-0.2, 0) is 23.1 Å².